The molecule has 0 aromatic heterocycles. The van der Waals surface area contributed by atoms with Crippen molar-refractivity contribution in [2.75, 3.05) is 11.4 Å². The van der Waals surface area contributed by atoms with E-state index in [1.807, 2.05) is 0 Å². The Bertz CT molecular complexity index is 625. The van der Waals surface area contributed by atoms with Crippen LogP contribution in [0.1, 0.15) is 24.5 Å². The Balaban J connectivity index is 2.35. The second kappa shape index (κ2) is 6.27. The molecule has 0 saturated carbocycles. The summed E-state index contributed by atoms with van der Waals surface area (Å²) in [7, 11) is 0. The molecule has 1 aliphatic rings. The highest BCUT2D eigenvalue weighted by molar-refractivity contribution is 6.05. The van der Waals surface area contributed by atoms with Crippen LogP contribution in [0.5, 0.6) is 0 Å². The standard InChI is InChI=1S/C15H15F4NO3/c1-8(21)6-12(22)20-5-4-9-7-10(2-3-11(9)20)15(23,13(16)17)14(18)19/h2-3,7,13-14,23H,4-6H2,1H3. The number of fused-ring (bicyclic) bond motifs is 1. The van der Waals surface area contributed by atoms with Crippen molar-refractivity contribution in [3.8, 4) is 0 Å². The molecule has 0 unspecified atom stereocenters. The van der Waals surface area contributed by atoms with Crippen molar-refractivity contribution < 1.29 is 32.3 Å². The van der Waals surface area contributed by atoms with Gasteiger partial charge in [-0.1, -0.05) is 12.1 Å². The summed E-state index contributed by atoms with van der Waals surface area (Å²) < 4.78 is 51.6. The Morgan fingerprint density at radius 3 is 2.39 bits per heavy atom. The van der Waals surface area contributed by atoms with E-state index < -0.39 is 29.9 Å². The summed E-state index contributed by atoms with van der Waals surface area (Å²) in [6, 6.07) is 3.26. The average molecular weight is 333 g/mol. The van der Waals surface area contributed by atoms with Gasteiger partial charge in [-0.05, 0) is 30.5 Å². The molecule has 1 amide bonds. The van der Waals surface area contributed by atoms with E-state index in [1.165, 1.54) is 17.9 Å². The minimum Gasteiger partial charge on any atom is -0.374 e. The molecule has 4 nitrogen and oxygen atoms in total. The van der Waals surface area contributed by atoms with Crippen LogP contribution in [0.25, 0.3) is 0 Å². The third-order valence-electron chi connectivity index (χ3n) is 3.80. The van der Waals surface area contributed by atoms with E-state index in [0.717, 1.165) is 12.1 Å². The summed E-state index contributed by atoms with van der Waals surface area (Å²) in [6.07, 6.45) is -7.33. The van der Waals surface area contributed by atoms with Crippen LogP contribution in [0.2, 0.25) is 0 Å². The Kier molecular flexibility index (Phi) is 4.74. The number of carbonyl (C=O) groups is 2. The lowest BCUT2D eigenvalue weighted by molar-refractivity contribution is -0.183. The van der Waals surface area contributed by atoms with Gasteiger partial charge in [-0.15, -0.1) is 0 Å². The maximum absolute atomic E-state index is 12.9. The molecule has 0 radical (unpaired) electrons. The minimum absolute atomic E-state index is 0.229. The van der Waals surface area contributed by atoms with E-state index in [1.54, 1.807) is 0 Å². The number of ketones is 1. The fourth-order valence-corrected chi connectivity index (χ4v) is 2.57. The Morgan fingerprint density at radius 1 is 1.26 bits per heavy atom. The summed E-state index contributed by atoms with van der Waals surface area (Å²) >= 11 is 0. The number of anilines is 1. The van der Waals surface area contributed by atoms with E-state index in [2.05, 4.69) is 0 Å². The first-order valence-corrected chi connectivity index (χ1v) is 6.89. The second-order valence-corrected chi connectivity index (χ2v) is 5.44. The zero-order valence-corrected chi connectivity index (χ0v) is 12.2. The van der Waals surface area contributed by atoms with Gasteiger partial charge in [0.15, 0.2) is 0 Å². The van der Waals surface area contributed by atoms with Crippen LogP contribution in [-0.2, 0) is 21.6 Å². The molecular formula is C15H15F4NO3. The summed E-state index contributed by atoms with van der Waals surface area (Å²) in [4.78, 5) is 24.3. The molecule has 0 aliphatic carbocycles. The predicted octanol–water partition coefficient (Wildman–Crippen LogP) is 2.27. The lowest BCUT2D eigenvalue weighted by Gasteiger charge is -2.27. The molecule has 0 saturated heterocycles. The van der Waals surface area contributed by atoms with E-state index in [0.29, 0.717) is 11.3 Å². The smallest absolute Gasteiger partial charge is 0.276 e. The second-order valence-electron chi connectivity index (χ2n) is 5.44. The molecule has 1 aromatic rings. The molecule has 0 fully saturated rings. The van der Waals surface area contributed by atoms with Crippen molar-refractivity contribution in [2.24, 2.45) is 0 Å². The molecular weight excluding hydrogens is 318 g/mol. The topological polar surface area (TPSA) is 57.6 Å². The van der Waals surface area contributed by atoms with Crippen LogP contribution >= 0.6 is 0 Å². The number of benzene rings is 1. The fraction of sp³-hybridized carbons (Fsp3) is 0.467. The van der Waals surface area contributed by atoms with Gasteiger partial charge in [0, 0.05) is 12.2 Å². The lowest BCUT2D eigenvalue weighted by Crippen LogP contribution is -2.41. The van der Waals surface area contributed by atoms with E-state index in [4.69, 9.17) is 0 Å². The molecule has 0 spiro atoms. The van der Waals surface area contributed by atoms with Gasteiger partial charge < -0.3 is 10.0 Å². The van der Waals surface area contributed by atoms with Crippen LogP contribution in [0.4, 0.5) is 23.2 Å². The largest absolute Gasteiger partial charge is 0.374 e. The van der Waals surface area contributed by atoms with Crippen LogP contribution in [-0.4, -0.2) is 36.2 Å². The van der Waals surface area contributed by atoms with Crippen LogP contribution < -0.4 is 4.90 Å². The van der Waals surface area contributed by atoms with Gasteiger partial charge in [0.05, 0.1) is 6.42 Å². The zero-order chi connectivity index (χ0) is 17.4. The molecule has 1 aliphatic heterocycles. The predicted molar refractivity (Wildman–Crippen MR) is 73.7 cm³/mol. The third-order valence-corrected chi connectivity index (χ3v) is 3.80. The maximum Gasteiger partial charge on any atom is 0.276 e. The average Bonchev–Trinajstić information content (AvgIpc) is 2.88. The van der Waals surface area contributed by atoms with Crippen molar-refractivity contribution in [3.05, 3.63) is 29.3 Å². The van der Waals surface area contributed by atoms with Crippen LogP contribution in [0.3, 0.4) is 0 Å². The third kappa shape index (κ3) is 3.08. The van der Waals surface area contributed by atoms with E-state index in [9.17, 15) is 32.3 Å². The molecule has 0 atom stereocenters. The Morgan fingerprint density at radius 2 is 1.87 bits per heavy atom. The summed E-state index contributed by atoms with van der Waals surface area (Å²) in [5.41, 5.74) is -3.36. The molecule has 23 heavy (non-hydrogen) atoms. The zero-order valence-electron chi connectivity index (χ0n) is 12.2. The highest BCUT2D eigenvalue weighted by Crippen LogP contribution is 2.38. The number of Topliss-reactive ketones (excluding diaryl/α,β-unsaturated/α-hetero) is 1. The van der Waals surface area contributed by atoms with Gasteiger partial charge in [0.1, 0.15) is 5.78 Å². The number of hydrogen-bond donors (Lipinski definition) is 1. The van der Waals surface area contributed by atoms with E-state index >= 15 is 0 Å². The van der Waals surface area contributed by atoms with Crippen molar-refractivity contribution in [2.45, 2.75) is 38.2 Å². The van der Waals surface area contributed by atoms with E-state index in [-0.39, 0.29) is 25.2 Å². The summed E-state index contributed by atoms with van der Waals surface area (Å²) in [6.45, 7) is 1.50. The quantitative estimate of drug-likeness (QED) is 0.664. The van der Waals surface area contributed by atoms with Gasteiger partial charge in [0.2, 0.25) is 11.5 Å². The number of amides is 1. The minimum atomic E-state index is -3.66. The van der Waals surface area contributed by atoms with Crippen molar-refractivity contribution >= 4 is 17.4 Å². The first-order chi connectivity index (χ1) is 10.7. The normalized spacial score (nSPS) is 14.5. The molecule has 1 heterocycles. The number of hydrogen-bond acceptors (Lipinski definition) is 3. The molecule has 1 aromatic carbocycles. The highest BCUT2D eigenvalue weighted by Gasteiger charge is 2.49. The first kappa shape index (κ1) is 17.4. The number of aliphatic hydroxyl groups is 1. The van der Waals surface area contributed by atoms with Gasteiger partial charge in [0.25, 0.3) is 12.9 Å². The number of nitrogens with zero attached hydrogens (tertiary/aromatic N) is 1. The lowest BCUT2D eigenvalue weighted by atomic mass is 9.92. The highest BCUT2D eigenvalue weighted by atomic mass is 19.3. The molecule has 2 rings (SSSR count). The van der Waals surface area contributed by atoms with Crippen molar-refractivity contribution in [3.63, 3.8) is 0 Å². The van der Waals surface area contributed by atoms with Gasteiger partial charge in [-0.2, -0.15) is 0 Å². The Hall–Kier alpha value is -1.96. The van der Waals surface area contributed by atoms with Gasteiger partial charge >= 0.3 is 0 Å². The molecule has 0 bridgehead atoms. The molecule has 1 N–H and O–H groups in total. The fourth-order valence-electron chi connectivity index (χ4n) is 2.57. The number of carbonyl (C=O) groups excluding carboxylic acids is 2. The SMILES string of the molecule is CC(=O)CC(=O)N1CCc2cc(C(O)(C(F)F)C(F)F)ccc21. The van der Waals surface area contributed by atoms with Crippen molar-refractivity contribution in [1.29, 1.82) is 0 Å². The van der Waals surface area contributed by atoms with Gasteiger partial charge in [-0.3, -0.25) is 9.59 Å². The molecule has 126 valence electrons. The van der Waals surface area contributed by atoms with Crippen molar-refractivity contribution in [1.82, 2.24) is 0 Å². The number of alkyl halides is 4. The summed E-state index contributed by atoms with van der Waals surface area (Å²) in [5, 5.41) is 9.64. The monoisotopic (exact) mass is 333 g/mol. The van der Waals surface area contributed by atoms with Crippen LogP contribution in [0.15, 0.2) is 18.2 Å². The van der Waals surface area contributed by atoms with Gasteiger partial charge in [-0.25, -0.2) is 17.6 Å². The summed E-state index contributed by atoms with van der Waals surface area (Å²) in [5.74, 6) is -0.758. The first-order valence-electron chi connectivity index (χ1n) is 6.89. The number of rotatable bonds is 5. The van der Waals surface area contributed by atoms with Crippen LogP contribution in [0, 0.1) is 0 Å². The number of halogens is 4. The maximum atomic E-state index is 12.9. The Labute approximate surface area is 129 Å². The molecule has 8 heteroatoms.